The molecular formula is C14H16IN3. The summed E-state index contributed by atoms with van der Waals surface area (Å²) in [5.41, 5.74) is 1.40. The minimum atomic E-state index is 0.563. The van der Waals surface area contributed by atoms with Crippen LogP contribution in [-0.2, 0) is 6.54 Å². The van der Waals surface area contributed by atoms with E-state index in [1.165, 1.54) is 16.3 Å². The van der Waals surface area contributed by atoms with Crippen LogP contribution >= 0.6 is 22.6 Å². The number of fused-ring (bicyclic) bond motifs is 1. The second kappa shape index (κ2) is 5.50. The van der Waals surface area contributed by atoms with Gasteiger partial charge in [0.25, 0.3) is 0 Å². The molecule has 1 aliphatic heterocycles. The Morgan fingerprint density at radius 2 is 2.33 bits per heavy atom. The van der Waals surface area contributed by atoms with Crippen molar-refractivity contribution in [3.63, 3.8) is 0 Å². The third-order valence-electron chi connectivity index (χ3n) is 3.38. The molecule has 94 valence electrons. The van der Waals surface area contributed by atoms with Gasteiger partial charge in [0, 0.05) is 44.0 Å². The summed E-state index contributed by atoms with van der Waals surface area (Å²) in [6.07, 6.45) is 3.82. The topological polar surface area (TPSA) is 28.2 Å². The number of nitrogens with one attached hydrogen (secondary N) is 1. The molecule has 2 aromatic rings. The maximum Gasteiger partial charge on any atom is 0.0723 e. The normalized spacial score (nSPS) is 21.3. The molecule has 18 heavy (non-hydrogen) atoms. The second-order valence-electron chi connectivity index (χ2n) is 4.67. The summed E-state index contributed by atoms with van der Waals surface area (Å²) in [5.74, 6) is 0. The van der Waals surface area contributed by atoms with Crippen molar-refractivity contribution in [2.75, 3.05) is 19.6 Å². The molecule has 3 nitrogen and oxygen atoms in total. The predicted octanol–water partition coefficient (Wildman–Crippen LogP) is 2.40. The molecule has 1 aliphatic rings. The van der Waals surface area contributed by atoms with Crippen LogP contribution in [0.1, 0.15) is 5.56 Å². The lowest BCUT2D eigenvalue weighted by molar-refractivity contribution is 0.228. The molecule has 1 N–H and O–H groups in total. The molecule has 0 bridgehead atoms. The summed E-state index contributed by atoms with van der Waals surface area (Å²) in [4.78, 5) is 6.70. The minimum Gasteiger partial charge on any atom is -0.303 e. The molecule has 1 saturated heterocycles. The number of nitrogens with zero attached hydrogens (tertiary/aromatic N) is 2. The molecule has 1 aromatic carbocycles. The summed E-state index contributed by atoms with van der Waals surface area (Å²) in [5, 5.41) is 6.03. The first-order chi connectivity index (χ1) is 8.83. The van der Waals surface area contributed by atoms with Crippen molar-refractivity contribution in [3.8, 4) is 0 Å². The number of piperazine rings is 1. The van der Waals surface area contributed by atoms with Gasteiger partial charge in [0.1, 0.15) is 0 Å². The van der Waals surface area contributed by atoms with Gasteiger partial charge in [-0.1, -0.05) is 40.8 Å². The Labute approximate surface area is 121 Å². The molecular weight excluding hydrogens is 337 g/mol. The fraction of sp³-hybridized carbons (Fsp3) is 0.357. The lowest BCUT2D eigenvalue weighted by Gasteiger charge is -2.31. The highest BCUT2D eigenvalue weighted by atomic mass is 127. The highest BCUT2D eigenvalue weighted by molar-refractivity contribution is 14.1. The van der Waals surface area contributed by atoms with Crippen LogP contribution in [-0.4, -0.2) is 33.6 Å². The Morgan fingerprint density at radius 3 is 3.22 bits per heavy atom. The zero-order valence-corrected chi connectivity index (χ0v) is 12.3. The van der Waals surface area contributed by atoms with E-state index in [2.05, 4.69) is 62.1 Å². The second-order valence-corrected chi connectivity index (χ2v) is 6.17. The first-order valence-corrected chi connectivity index (χ1v) is 7.49. The quantitative estimate of drug-likeness (QED) is 0.511. The predicted molar refractivity (Wildman–Crippen MR) is 82.8 cm³/mol. The molecule has 1 fully saturated rings. The van der Waals surface area contributed by atoms with Crippen molar-refractivity contribution < 1.29 is 0 Å². The lowest BCUT2D eigenvalue weighted by atomic mass is 10.1. The van der Waals surface area contributed by atoms with E-state index < -0.39 is 0 Å². The number of pyridine rings is 1. The van der Waals surface area contributed by atoms with Crippen LogP contribution in [0.2, 0.25) is 0 Å². The van der Waals surface area contributed by atoms with Gasteiger partial charge in [-0.2, -0.15) is 0 Å². The average Bonchev–Trinajstić information content (AvgIpc) is 2.39. The van der Waals surface area contributed by atoms with Crippen LogP contribution in [0.15, 0.2) is 36.7 Å². The highest BCUT2D eigenvalue weighted by Gasteiger charge is 2.17. The van der Waals surface area contributed by atoms with Gasteiger partial charge in [-0.3, -0.25) is 9.88 Å². The van der Waals surface area contributed by atoms with E-state index in [9.17, 15) is 0 Å². The Bertz CT molecular complexity index is 538. The van der Waals surface area contributed by atoms with Gasteiger partial charge in [0.2, 0.25) is 0 Å². The molecule has 0 radical (unpaired) electrons. The molecule has 1 atom stereocenters. The molecule has 4 heteroatoms. The number of benzene rings is 1. The first-order valence-electron chi connectivity index (χ1n) is 6.24. The van der Waals surface area contributed by atoms with Gasteiger partial charge in [-0.05, 0) is 17.0 Å². The number of alkyl halides is 1. The number of aromatic nitrogens is 1. The van der Waals surface area contributed by atoms with Crippen LogP contribution < -0.4 is 5.32 Å². The van der Waals surface area contributed by atoms with Gasteiger partial charge < -0.3 is 5.32 Å². The summed E-state index contributed by atoms with van der Waals surface area (Å²) < 4.78 is 0.563. The van der Waals surface area contributed by atoms with E-state index >= 15 is 0 Å². The number of hydrogen-bond donors (Lipinski definition) is 1. The van der Waals surface area contributed by atoms with Crippen molar-refractivity contribution >= 4 is 33.4 Å². The molecule has 1 unspecified atom stereocenters. The van der Waals surface area contributed by atoms with Crippen molar-refractivity contribution in [1.29, 1.82) is 0 Å². The van der Waals surface area contributed by atoms with Crippen LogP contribution in [0.3, 0.4) is 0 Å². The molecule has 2 heterocycles. The van der Waals surface area contributed by atoms with Gasteiger partial charge in [-0.25, -0.2) is 0 Å². The third-order valence-corrected chi connectivity index (χ3v) is 4.21. The van der Waals surface area contributed by atoms with Crippen molar-refractivity contribution in [3.05, 3.63) is 42.2 Å². The van der Waals surface area contributed by atoms with E-state index in [1.54, 1.807) is 0 Å². The summed E-state index contributed by atoms with van der Waals surface area (Å²) >= 11 is 2.47. The zero-order chi connectivity index (χ0) is 12.4. The summed E-state index contributed by atoms with van der Waals surface area (Å²) in [6, 6.07) is 8.61. The highest BCUT2D eigenvalue weighted by Crippen LogP contribution is 2.20. The van der Waals surface area contributed by atoms with E-state index in [1.807, 2.05) is 12.4 Å². The fourth-order valence-electron chi connectivity index (χ4n) is 2.47. The van der Waals surface area contributed by atoms with Crippen LogP contribution in [0.4, 0.5) is 0 Å². The molecule has 1 aromatic heterocycles. The maximum atomic E-state index is 4.19. The number of rotatable bonds is 2. The van der Waals surface area contributed by atoms with Gasteiger partial charge in [0.05, 0.1) is 4.05 Å². The molecule has 0 saturated carbocycles. The minimum absolute atomic E-state index is 0.563. The first kappa shape index (κ1) is 12.3. The zero-order valence-electron chi connectivity index (χ0n) is 10.1. The SMILES string of the molecule is IC1CN(Cc2cccc3cnccc23)CCN1. The van der Waals surface area contributed by atoms with E-state index in [-0.39, 0.29) is 0 Å². The fourth-order valence-corrected chi connectivity index (χ4v) is 3.34. The van der Waals surface area contributed by atoms with Crippen LogP contribution in [0.5, 0.6) is 0 Å². The lowest BCUT2D eigenvalue weighted by Crippen LogP contribution is -2.47. The van der Waals surface area contributed by atoms with Crippen LogP contribution in [0.25, 0.3) is 10.8 Å². The Morgan fingerprint density at radius 1 is 1.39 bits per heavy atom. The standard InChI is InChI=1S/C14H16IN3/c15-14-10-18(7-6-17-14)9-12-3-1-2-11-8-16-5-4-13(11)12/h1-5,8,14,17H,6-7,9-10H2. The van der Waals surface area contributed by atoms with Gasteiger partial charge in [-0.15, -0.1) is 0 Å². The Balaban J connectivity index is 1.86. The number of halogens is 1. The maximum absolute atomic E-state index is 4.19. The molecule has 3 rings (SSSR count). The third kappa shape index (κ3) is 2.65. The van der Waals surface area contributed by atoms with E-state index in [0.29, 0.717) is 4.05 Å². The van der Waals surface area contributed by atoms with Crippen molar-refractivity contribution in [1.82, 2.24) is 15.2 Å². The van der Waals surface area contributed by atoms with E-state index in [4.69, 9.17) is 0 Å². The van der Waals surface area contributed by atoms with Crippen LogP contribution in [0, 0.1) is 0 Å². The van der Waals surface area contributed by atoms with Crippen molar-refractivity contribution in [2.24, 2.45) is 0 Å². The largest absolute Gasteiger partial charge is 0.303 e. The van der Waals surface area contributed by atoms with Crippen molar-refractivity contribution in [2.45, 2.75) is 10.6 Å². The van der Waals surface area contributed by atoms with Gasteiger partial charge in [0.15, 0.2) is 0 Å². The molecule has 0 spiro atoms. The van der Waals surface area contributed by atoms with E-state index in [0.717, 1.165) is 26.2 Å². The monoisotopic (exact) mass is 353 g/mol. The van der Waals surface area contributed by atoms with Gasteiger partial charge >= 0.3 is 0 Å². The average molecular weight is 353 g/mol. The smallest absolute Gasteiger partial charge is 0.0723 e. The molecule has 0 aliphatic carbocycles. The Kier molecular flexibility index (Phi) is 3.77. The molecule has 0 amide bonds. The number of hydrogen-bond acceptors (Lipinski definition) is 3. The summed E-state index contributed by atoms with van der Waals surface area (Å²) in [7, 11) is 0. The Hall–Kier alpha value is -0.720. The summed E-state index contributed by atoms with van der Waals surface area (Å²) in [6.45, 7) is 4.35.